The van der Waals surface area contributed by atoms with Gasteiger partial charge in [-0.25, -0.2) is 8.42 Å². The number of carbonyl (C=O) groups is 1. The van der Waals surface area contributed by atoms with E-state index in [0.29, 0.717) is 5.75 Å². The van der Waals surface area contributed by atoms with Gasteiger partial charge in [0.1, 0.15) is 6.04 Å². The van der Waals surface area contributed by atoms with Crippen LogP contribution in [0.15, 0.2) is 58.4 Å². The number of nitrogens with zero attached hydrogens (tertiary/aromatic N) is 1. The summed E-state index contributed by atoms with van der Waals surface area (Å²) in [5.74, 6) is -0.00306. The zero-order valence-electron chi connectivity index (χ0n) is 14.4. The Hall–Kier alpha value is -2.16. The van der Waals surface area contributed by atoms with E-state index in [-0.39, 0.29) is 4.90 Å². The van der Waals surface area contributed by atoms with E-state index in [1.807, 2.05) is 38.1 Å². The van der Waals surface area contributed by atoms with Gasteiger partial charge in [0.15, 0.2) is 0 Å². The lowest BCUT2D eigenvalue weighted by atomic mass is 10.2. The van der Waals surface area contributed by atoms with Gasteiger partial charge in [-0.2, -0.15) is 0 Å². The molecule has 2 aromatic rings. The lowest BCUT2D eigenvalue weighted by molar-refractivity contribution is -0.122. The second-order valence-corrected chi connectivity index (χ2v) is 8.73. The van der Waals surface area contributed by atoms with Gasteiger partial charge in [-0.1, -0.05) is 47.5 Å². The number of hydrogen-bond acceptors (Lipinski definition) is 5. The molecule has 1 amide bonds. The maximum atomic E-state index is 12.2. The van der Waals surface area contributed by atoms with E-state index in [9.17, 15) is 13.2 Å². The molecule has 3 rings (SSSR count). The van der Waals surface area contributed by atoms with E-state index in [0.717, 1.165) is 21.7 Å². The summed E-state index contributed by atoms with van der Waals surface area (Å²) in [6, 6.07) is 13.6. The highest BCUT2D eigenvalue weighted by Gasteiger charge is 2.27. The molecule has 2 N–H and O–H groups in total. The zero-order chi connectivity index (χ0) is 18.7. The first-order valence-electron chi connectivity index (χ1n) is 8.01. The minimum absolute atomic E-state index is 0.0908. The topological polar surface area (TPSA) is 87.6 Å². The molecule has 1 heterocycles. The molecule has 0 aliphatic carbocycles. The molecular weight excluding hydrogens is 370 g/mol. The standard InChI is InChI=1S/C18H19N3O3S2/c1-12-3-7-14(8-4-12)18-19-16(11-25-18)17(22)20-21-26(23,24)15-9-5-13(2)6-10-15/h3-10,16,21H,11H2,1-2H3,(H,20,22)/t16-/m0/s1. The third kappa shape index (κ3) is 4.32. The van der Waals surface area contributed by atoms with E-state index in [1.54, 1.807) is 12.1 Å². The Balaban J connectivity index is 1.63. The molecular formula is C18H19N3O3S2. The van der Waals surface area contributed by atoms with Crippen molar-refractivity contribution in [2.45, 2.75) is 24.8 Å². The van der Waals surface area contributed by atoms with Crippen molar-refractivity contribution in [3.05, 3.63) is 65.2 Å². The quantitative estimate of drug-likeness (QED) is 0.767. The molecule has 0 saturated heterocycles. The van der Waals surface area contributed by atoms with Gasteiger partial charge in [-0.3, -0.25) is 15.2 Å². The molecule has 26 heavy (non-hydrogen) atoms. The van der Waals surface area contributed by atoms with Gasteiger partial charge in [0.2, 0.25) is 0 Å². The van der Waals surface area contributed by atoms with Gasteiger partial charge in [0.25, 0.3) is 15.9 Å². The Morgan fingerprint density at radius 2 is 1.62 bits per heavy atom. The summed E-state index contributed by atoms with van der Waals surface area (Å²) in [4.78, 5) is 18.9. The average Bonchev–Trinajstić information content (AvgIpc) is 3.11. The van der Waals surface area contributed by atoms with Crippen LogP contribution in [0.3, 0.4) is 0 Å². The lowest BCUT2D eigenvalue weighted by Crippen LogP contribution is -2.46. The number of sulfonamides is 1. The number of aryl methyl sites for hydroxylation is 2. The van der Waals surface area contributed by atoms with Crippen molar-refractivity contribution in [1.29, 1.82) is 0 Å². The van der Waals surface area contributed by atoms with Gasteiger partial charge < -0.3 is 0 Å². The SMILES string of the molecule is Cc1ccc(C2=N[C@H](C(=O)NNS(=O)(=O)c3ccc(C)cc3)CS2)cc1. The maximum Gasteiger partial charge on any atom is 0.260 e. The van der Waals surface area contributed by atoms with E-state index in [2.05, 4.69) is 15.2 Å². The van der Waals surface area contributed by atoms with Crippen LogP contribution in [-0.4, -0.2) is 31.2 Å². The number of hydrogen-bond donors (Lipinski definition) is 2. The normalized spacial score (nSPS) is 17.0. The number of carbonyl (C=O) groups excluding carboxylic acids is 1. The van der Waals surface area contributed by atoms with Gasteiger partial charge in [-0.05, 0) is 26.0 Å². The van der Waals surface area contributed by atoms with Crippen LogP contribution in [-0.2, 0) is 14.8 Å². The van der Waals surface area contributed by atoms with Gasteiger partial charge >= 0.3 is 0 Å². The number of amides is 1. The van der Waals surface area contributed by atoms with Crippen molar-refractivity contribution in [1.82, 2.24) is 10.3 Å². The molecule has 1 aliphatic rings. The Bertz CT molecular complexity index is 937. The Morgan fingerprint density at radius 3 is 2.23 bits per heavy atom. The molecule has 0 unspecified atom stereocenters. The summed E-state index contributed by atoms with van der Waals surface area (Å²) in [5.41, 5.74) is 5.32. The zero-order valence-corrected chi connectivity index (χ0v) is 16.0. The molecule has 0 bridgehead atoms. The molecule has 136 valence electrons. The van der Waals surface area contributed by atoms with Crippen molar-refractivity contribution in [3.63, 3.8) is 0 Å². The third-order valence-electron chi connectivity index (χ3n) is 3.89. The number of benzene rings is 2. The summed E-state index contributed by atoms with van der Waals surface area (Å²) in [5, 5.41) is 0.784. The smallest absolute Gasteiger partial charge is 0.260 e. The fourth-order valence-electron chi connectivity index (χ4n) is 2.34. The summed E-state index contributed by atoms with van der Waals surface area (Å²) >= 11 is 1.48. The van der Waals surface area contributed by atoms with Crippen LogP contribution in [0.1, 0.15) is 16.7 Å². The summed E-state index contributed by atoms with van der Waals surface area (Å²) in [7, 11) is -3.81. The average molecular weight is 390 g/mol. The van der Waals surface area contributed by atoms with Crippen molar-refractivity contribution >= 4 is 32.7 Å². The molecule has 0 radical (unpaired) electrons. The molecule has 0 saturated carbocycles. The fraction of sp³-hybridized carbons (Fsp3) is 0.222. The number of hydrazine groups is 1. The first kappa shape index (κ1) is 18.6. The van der Waals surface area contributed by atoms with E-state index < -0.39 is 22.0 Å². The fourth-order valence-corrected chi connectivity index (χ4v) is 4.23. The number of thioether (sulfide) groups is 1. The molecule has 8 heteroatoms. The molecule has 0 fully saturated rings. The van der Waals surface area contributed by atoms with Crippen molar-refractivity contribution in [2.24, 2.45) is 4.99 Å². The van der Waals surface area contributed by atoms with E-state index in [1.165, 1.54) is 23.9 Å². The Morgan fingerprint density at radius 1 is 1.04 bits per heavy atom. The molecule has 0 aromatic heterocycles. The lowest BCUT2D eigenvalue weighted by Gasteiger charge is -2.10. The van der Waals surface area contributed by atoms with Gasteiger partial charge in [0, 0.05) is 11.3 Å². The van der Waals surface area contributed by atoms with Gasteiger partial charge in [0.05, 0.1) is 9.94 Å². The predicted octanol–water partition coefficient (Wildman–Crippen LogP) is 2.18. The molecule has 0 spiro atoms. The van der Waals surface area contributed by atoms with Crippen LogP contribution < -0.4 is 10.3 Å². The van der Waals surface area contributed by atoms with Crippen LogP contribution >= 0.6 is 11.8 Å². The monoisotopic (exact) mass is 389 g/mol. The number of aliphatic imine (C=N–C) groups is 1. The van der Waals surface area contributed by atoms with E-state index >= 15 is 0 Å². The second-order valence-electron chi connectivity index (χ2n) is 6.03. The third-order valence-corrected chi connectivity index (χ3v) is 6.25. The van der Waals surface area contributed by atoms with Gasteiger partial charge in [-0.15, -0.1) is 16.6 Å². The predicted molar refractivity (Wildman–Crippen MR) is 104 cm³/mol. The Kier molecular flexibility index (Phi) is 5.45. The van der Waals surface area contributed by atoms with Crippen molar-refractivity contribution < 1.29 is 13.2 Å². The molecule has 1 atom stereocenters. The number of nitrogens with one attached hydrogen (secondary N) is 2. The summed E-state index contributed by atoms with van der Waals surface area (Å²) < 4.78 is 24.4. The van der Waals surface area contributed by atoms with Crippen molar-refractivity contribution in [2.75, 3.05) is 5.75 Å². The molecule has 2 aromatic carbocycles. The Labute approximate surface area is 157 Å². The summed E-state index contributed by atoms with van der Waals surface area (Å²) in [6.07, 6.45) is 0. The minimum Gasteiger partial charge on any atom is -0.276 e. The first-order valence-corrected chi connectivity index (χ1v) is 10.5. The van der Waals surface area contributed by atoms with E-state index in [4.69, 9.17) is 0 Å². The van der Waals surface area contributed by atoms with Crippen LogP contribution in [0.4, 0.5) is 0 Å². The maximum absolute atomic E-state index is 12.2. The second kappa shape index (κ2) is 7.61. The molecule has 6 nitrogen and oxygen atoms in total. The van der Waals surface area contributed by atoms with Crippen LogP contribution in [0.2, 0.25) is 0 Å². The minimum atomic E-state index is -3.81. The number of rotatable bonds is 5. The van der Waals surface area contributed by atoms with Crippen LogP contribution in [0, 0.1) is 13.8 Å². The largest absolute Gasteiger partial charge is 0.276 e. The molecule has 1 aliphatic heterocycles. The summed E-state index contributed by atoms with van der Waals surface area (Å²) in [6.45, 7) is 3.87. The highest BCUT2D eigenvalue weighted by Crippen LogP contribution is 2.23. The van der Waals surface area contributed by atoms with Crippen molar-refractivity contribution in [3.8, 4) is 0 Å². The van der Waals surface area contributed by atoms with Crippen LogP contribution in [0.25, 0.3) is 0 Å². The first-order chi connectivity index (χ1) is 12.3. The van der Waals surface area contributed by atoms with Crippen LogP contribution in [0.5, 0.6) is 0 Å². The highest BCUT2D eigenvalue weighted by atomic mass is 32.2. The highest BCUT2D eigenvalue weighted by molar-refractivity contribution is 8.14.